The van der Waals surface area contributed by atoms with Gasteiger partial charge >= 0.3 is 6.18 Å². The average molecular weight is 431 g/mol. The number of pyridine rings is 1. The molecule has 0 saturated carbocycles. The van der Waals surface area contributed by atoms with Gasteiger partial charge in [-0.05, 0) is 37.4 Å². The van der Waals surface area contributed by atoms with Crippen LogP contribution in [-0.2, 0) is 6.18 Å². The van der Waals surface area contributed by atoms with E-state index in [0.717, 1.165) is 19.2 Å². The summed E-state index contributed by atoms with van der Waals surface area (Å²) >= 11 is 0. The normalized spacial score (nSPS) is 15.2. The second-order valence-corrected chi connectivity index (χ2v) is 7.26. The molecule has 0 spiro atoms. The molecule has 10 heteroatoms. The van der Waals surface area contributed by atoms with Crippen LogP contribution in [0.5, 0.6) is 0 Å². The fraction of sp³-hybridized carbons (Fsp3) is 0.286. The van der Waals surface area contributed by atoms with Crippen molar-refractivity contribution in [2.45, 2.75) is 6.18 Å². The molecule has 0 atom stereocenters. The summed E-state index contributed by atoms with van der Waals surface area (Å²) in [5, 5.41) is 6.07. The Bertz CT molecular complexity index is 1060. The lowest BCUT2D eigenvalue weighted by Gasteiger charge is -2.34. The molecular weight excluding hydrogens is 411 g/mol. The number of carbonyl (C=O) groups is 1. The van der Waals surface area contributed by atoms with Crippen LogP contribution in [0.15, 0.2) is 53.2 Å². The van der Waals surface area contributed by atoms with Crippen molar-refractivity contribution in [2.75, 3.05) is 43.4 Å². The van der Waals surface area contributed by atoms with E-state index in [9.17, 15) is 18.0 Å². The Kier molecular flexibility index (Phi) is 5.64. The molecule has 1 aromatic carbocycles. The summed E-state index contributed by atoms with van der Waals surface area (Å²) in [7, 11) is 1.97. The molecule has 2 aromatic heterocycles. The second-order valence-electron chi connectivity index (χ2n) is 7.26. The van der Waals surface area contributed by atoms with Crippen LogP contribution in [0.3, 0.4) is 0 Å². The minimum atomic E-state index is -4.63. The lowest BCUT2D eigenvalue weighted by molar-refractivity contribution is -0.136. The zero-order chi connectivity index (χ0) is 22.0. The van der Waals surface area contributed by atoms with Gasteiger partial charge in [0.15, 0.2) is 0 Å². The molecule has 4 rings (SSSR count). The molecule has 0 bridgehead atoms. The molecule has 1 aliphatic rings. The van der Waals surface area contributed by atoms with E-state index in [4.69, 9.17) is 4.52 Å². The van der Waals surface area contributed by atoms with Crippen molar-refractivity contribution in [1.29, 1.82) is 0 Å². The zero-order valence-electron chi connectivity index (χ0n) is 16.7. The van der Waals surface area contributed by atoms with Gasteiger partial charge in [-0.3, -0.25) is 9.78 Å². The highest BCUT2D eigenvalue weighted by molar-refractivity contribution is 6.03. The van der Waals surface area contributed by atoms with Crippen molar-refractivity contribution in [2.24, 2.45) is 0 Å². The molecule has 1 saturated heterocycles. The number of halogens is 3. The van der Waals surface area contributed by atoms with E-state index in [1.54, 1.807) is 30.5 Å². The largest absolute Gasteiger partial charge is 0.418 e. The molecule has 31 heavy (non-hydrogen) atoms. The molecule has 1 aliphatic heterocycles. The third-order valence-corrected chi connectivity index (χ3v) is 5.09. The molecule has 0 unspecified atom stereocenters. The zero-order valence-corrected chi connectivity index (χ0v) is 16.7. The quantitative estimate of drug-likeness (QED) is 0.678. The van der Waals surface area contributed by atoms with Gasteiger partial charge in [-0.1, -0.05) is 11.2 Å². The number of benzene rings is 1. The van der Waals surface area contributed by atoms with E-state index >= 15 is 0 Å². The highest BCUT2D eigenvalue weighted by Gasteiger charge is 2.35. The molecular formula is C21H20F3N5O2. The van der Waals surface area contributed by atoms with Crippen molar-refractivity contribution < 1.29 is 22.5 Å². The van der Waals surface area contributed by atoms with Crippen molar-refractivity contribution in [1.82, 2.24) is 15.0 Å². The van der Waals surface area contributed by atoms with Crippen LogP contribution in [0, 0.1) is 0 Å². The highest BCUT2D eigenvalue weighted by Crippen LogP contribution is 2.37. The summed E-state index contributed by atoms with van der Waals surface area (Å²) in [6.07, 6.45) is -3.08. The summed E-state index contributed by atoms with van der Waals surface area (Å²) in [4.78, 5) is 20.6. The SMILES string of the molecule is CN1CCN(c2ccc(NC(=O)c3cc(-c4ccccn4)no3)c(C(F)(F)F)c2)CC1. The third kappa shape index (κ3) is 4.69. The summed E-state index contributed by atoms with van der Waals surface area (Å²) in [5.41, 5.74) is 0.00783. The van der Waals surface area contributed by atoms with Gasteiger partial charge in [0.05, 0.1) is 16.9 Å². The van der Waals surface area contributed by atoms with Crippen molar-refractivity contribution in [3.05, 3.63) is 60.0 Å². The third-order valence-electron chi connectivity index (χ3n) is 5.09. The Morgan fingerprint density at radius 2 is 1.84 bits per heavy atom. The Morgan fingerprint density at radius 3 is 2.52 bits per heavy atom. The Balaban J connectivity index is 1.56. The van der Waals surface area contributed by atoms with Crippen LogP contribution < -0.4 is 10.2 Å². The smallest absolute Gasteiger partial charge is 0.369 e. The van der Waals surface area contributed by atoms with Gasteiger partial charge in [0.1, 0.15) is 5.69 Å². The lowest BCUT2D eigenvalue weighted by Crippen LogP contribution is -2.44. The summed E-state index contributed by atoms with van der Waals surface area (Å²) in [5.74, 6) is -1.04. The fourth-order valence-corrected chi connectivity index (χ4v) is 3.34. The van der Waals surface area contributed by atoms with Gasteiger partial charge in [-0.15, -0.1) is 0 Å². The number of nitrogens with zero attached hydrogens (tertiary/aromatic N) is 4. The molecule has 1 amide bonds. The Morgan fingerprint density at radius 1 is 1.06 bits per heavy atom. The van der Waals surface area contributed by atoms with Gasteiger partial charge in [0.2, 0.25) is 5.76 Å². The van der Waals surface area contributed by atoms with Crippen LogP contribution in [0.2, 0.25) is 0 Å². The maximum atomic E-state index is 13.7. The van der Waals surface area contributed by atoms with Crippen LogP contribution in [0.4, 0.5) is 24.5 Å². The Hall–Kier alpha value is -3.40. The number of anilines is 2. The number of rotatable bonds is 4. The summed E-state index contributed by atoms with van der Waals surface area (Å²) in [6, 6.07) is 10.4. The molecule has 3 heterocycles. The maximum absolute atomic E-state index is 13.7. The van der Waals surface area contributed by atoms with Gasteiger partial charge in [0, 0.05) is 44.1 Å². The predicted molar refractivity (Wildman–Crippen MR) is 109 cm³/mol. The number of hydrogen-bond donors (Lipinski definition) is 1. The summed E-state index contributed by atoms with van der Waals surface area (Å²) < 4.78 is 46.2. The number of likely N-dealkylation sites (N-methyl/N-ethyl adjacent to an activating group) is 1. The lowest BCUT2D eigenvalue weighted by atomic mass is 10.1. The second kappa shape index (κ2) is 8.38. The molecule has 3 aromatic rings. The van der Waals surface area contributed by atoms with E-state index in [2.05, 4.69) is 20.4 Å². The first kappa shape index (κ1) is 20.9. The van der Waals surface area contributed by atoms with Crippen molar-refractivity contribution in [3.8, 4) is 11.4 Å². The van der Waals surface area contributed by atoms with Gasteiger partial charge in [0.25, 0.3) is 5.91 Å². The number of aromatic nitrogens is 2. The topological polar surface area (TPSA) is 74.5 Å². The first-order chi connectivity index (χ1) is 14.8. The number of hydrogen-bond acceptors (Lipinski definition) is 6. The molecule has 0 radical (unpaired) electrons. The van der Waals surface area contributed by atoms with Crippen molar-refractivity contribution in [3.63, 3.8) is 0 Å². The van der Waals surface area contributed by atoms with Crippen LogP contribution in [0.25, 0.3) is 11.4 Å². The number of alkyl halides is 3. The molecule has 162 valence electrons. The summed E-state index contributed by atoms with van der Waals surface area (Å²) in [6.45, 7) is 2.80. The van der Waals surface area contributed by atoms with E-state index in [1.165, 1.54) is 12.1 Å². The number of nitrogens with one attached hydrogen (secondary N) is 1. The standard InChI is InChI=1S/C21H20F3N5O2/c1-28-8-10-29(11-9-28)14-5-6-16(15(12-14)21(22,23)24)26-20(30)19-13-18(27-31-19)17-4-2-3-7-25-17/h2-7,12-13H,8-11H2,1H3,(H,26,30). The van der Waals surface area contributed by atoms with Gasteiger partial charge < -0.3 is 19.6 Å². The Labute approximate surface area is 176 Å². The van der Waals surface area contributed by atoms with Gasteiger partial charge in [-0.2, -0.15) is 13.2 Å². The van der Waals surface area contributed by atoms with E-state index in [0.29, 0.717) is 30.2 Å². The average Bonchev–Trinajstić information content (AvgIpc) is 3.25. The molecule has 0 aliphatic carbocycles. The van der Waals surface area contributed by atoms with E-state index in [-0.39, 0.29) is 11.4 Å². The van der Waals surface area contributed by atoms with Crippen LogP contribution >= 0.6 is 0 Å². The highest BCUT2D eigenvalue weighted by atomic mass is 19.4. The monoisotopic (exact) mass is 431 g/mol. The van der Waals surface area contributed by atoms with Crippen LogP contribution in [-0.4, -0.2) is 54.2 Å². The molecule has 1 fully saturated rings. The minimum absolute atomic E-state index is 0.211. The van der Waals surface area contributed by atoms with Gasteiger partial charge in [-0.25, -0.2) is 0 Å². The van der Waals surface area contributed by atoms with E-state index < -0.39 is 17.6 Å². The fourth-order valence-electron chi connectivity index (χ4n) is 3.34. The van der Waals surface area contributed by atoms with E-state index in [1.807, 2.05) is 11.9 Å². The van der Waals surface area contributed by atoms with Crippen LogP contribution in [0.1, 0.15) is 16.1 Å². The van der Waals surface area contributed by atoms with Crippen molar-refractivity contribution >= 4 is 17.3 Å². The number of amides is 1. The number of piperazine rings is 1. The first-order valence-corrected chi connectivity index (χ1v) is 9.65. The molecule has 1 N–H and O–H groups in total. The minimum Gasteiger partial charge on any atom is -0.369 e. The first-order valence-electron chi connectivity index (χ1n) is 9.65. The predicted octanol–water partition coefficient (Wildman–Crippen LogP) is 3.76. The maximum Gasteiger partial charge on any atom is 0.418 e. The number of carbonyl (C=O) groups excluding carboxylic acids is 1. The molecule has 7 nitrogen and oxygen atoms in total.